The highest BCUT2D eigenvalue weighted by Crippen LogP contribution is 2.52. The van der Waals surface area contributed by atoms with Gasteiger partial charge in [0.15, 0.2) is 17.9 Å². The Labute approximate surface area is 186 Å². The second-order valence-electron chi connectivity index (χ2n) is 11.2. The fourth-order valence-corrected chi connectivity index (χ4v) is 6.16. The number of carbonyl (C=O) groups excluding carboxylic acids is 1. The maximum Gasteiger partial charge on any atom is 0.192 e. The van der Waals surface area contributed by atoms with Gasteiger partial charge in [-0.2, -0.15) is 0 Å². The fraction of sp³-hybridized carbons (Fsp3) is 0.731. The molecule has 172 valence electrons. The van der Waals surface area contributed by atoms with Crippen molar-refractivity contribution in [2.45, 2.75) is 90.8 Å². The molecule has 0 aromatic heterocycles. The Balaban J connectivity index is 1.65. The molecule has 4 aliphatic rings. The Hall–Kier alpha value is -1.27. The van der Waals surface area contributed by atoms with Gasteiger partial charge in [-0.1, -0.05) is 32.4 Å². The molecule has 1 N–H and O–H groups in total. The van der Waals surface area contributed by atoms with Gasteiger partial charge in [0.2, 0.25) is 0 Å². The molecule has 4 rings (SSSR count). The summed E-state index contributed by atoms with van der Waals surface area (Å²) < 4.78 is 18.7. The molecule has 5 atom stereocenters. The predicted molar refractivity (Wildman–Crippen MR) is 119 cm³/mol. The number of methoxy groups -OCH3 is 1. The predicted octanol–water partition coefficient (Wildman–Crippen LogP) is 4.85. The molecule has 2 heterocycles. The van der Waals surface area contributed by atoms with E-state index in [1.54, 1.807) is 7.11 Å². The van der Waals surface area contributed by atoms with Crippen LogP contribution in [0.3, 0.4) is 0 Å². The van der Waals surface area contributed by atoms with Crippen molar-refractivity contribution in [3.05, 3.63) is 34.9 Å². The van der Waals surface area contributed by atoms with Gasteiger partial charge in [0.25, 0.3) is 0 Å². The standard InChI is InChI=1S/C26H38O5/c1-17-9-22-20(10-21(17)28)19(15-27)13-26(30-22)16-25(4,14-23(29-5)31-26)12-18-7-6-8-24(2,3)11-18/h9,11,13,20,22-23,27H,6-8,10,12,14-16H2,1-5H3/t20-,22-,23+,25+,26+/m1/s1. The fourth-order valence-electron chi connectivity index (χ4n) is 6.16. The van der Waals surface area contributed by atoms with Crippen molar-refractivity contribution in [2.24, 2.45) is 16.7 Å². The van der Waals surface area contributed by atoms with Crippen LogP contribution in [0, 0.1) is 16.7 Å². The van der Waals surface area contributed by atoms with Crippen LogP contribution < -0.4 is 0 Å². The van der Waals surface area contributed by atoms with Crippen LogP contribution in [0.2, 0.25) is 0 Å². The van der Waals surface area contributed by atoms with E-state index in [9.17, 15) is 9.90 Å². The lowest BCUT2D eigenvalue weighted by molar-refractivity contribution is -0.338. The van der Waals surface area contributed by atoms with Crippen molar-refractivity contribution in [3.63, 3.8) is 0 Å². The Morgan fingerprint density at radius 2 is 2.00 bits per heavy atom. The van der Waals surface area contributed by atoms with E-state index < -0.39 is 5.79 Å². The summed E-state index contributed by atoms with van der Waals surface area (Å²) in [6, 6.07) is 0. The molecule has 2 aliphatic carbocycles. The Morgan fingerprint density at radius 3 is 2.68 bits per heavy atom. The summed E-state index contributed by atoms with van der Waals surface area (Å²) in [7, 11) is 1.68. The molecule has 0 aromatic carbocycles. The SMILES string of the molecule is CO[C@@H]1C[C@](C)(CC2=CC(C)(C)CCC2)C[C@]2(C=C(CO)[C@H]3CC(=O)C(C)=C[C@H]3O2)O1. The molecule has 1 spiro atoms. The highest BCUT2D eigenvalue weighted by molar-refractivity contribution is 5.96. The summed E-state index contributed by atoms with van der Waals surface area (Å²) in [4.78, 5) is 12.3. The van der Waals surface area contributed by atoms with Gasteiger partial charge in [0, 0.05) is 32.3 Å². The largest absolute Gasteiger partial charge is 0.392 e. The molecule has 0 saturated carbocycles. The number of ketones is 1. The first kappa shape index (κ1) is 22.9. The van der Waals surface area contributed by atoms with Crippen molar-refractivity contribution in [3.8, 4) is 0 Å². The number of hydrogen-bond acceptors (Lipinski definition) is 5. The molecule has 5 heteroatoms. The van der Waals surface area contributed by atoms with E-state index in [1.807, 2.05) is 19.1 Å². The molecule has 5 nitrogen and oxygen atoms in total. The molecule has 0 radical (unpaired) electrons. The van der Waals surface area contributed by atoms with Crippen molar-refractivity contribution in [2.75, 3.05) is 13.7 Å². The second kappa shape index (κ2) is 8.26. The minimum atomic E-state index is -0.950. The van der Waals surface area contributed by atoms with Gasteiger partial charge in [-0.15, -0.1) is 0 Å². The number of carbonyl (C=O) groups is 1. The Bertz CT molecular complexity index is 822. The van der Waals surface area contributed by atoms with Gasteiger partial charge in [0.1, 0.15) is 0 Å². The van der Waals surface area contributed by atoms with Gasteiger partial charge in [0.05, 0.1) is 12.7 Å². The van der Waals surface area contributed by atoms with Crippen molar-refractivity contribution < 1.29 is 24.1 Å². The molecule has 1 fully saturated rings. The maximum atomic E-state index is 12.3. The maximum absolute atomic E-state index is 12.3. The van der Waals surface area contributed by atoms with Crippen LogP contribution in [-0.4, -0.2) is 42.8 Å². The van der Waals surface area contributed by atoms with E-state index in [0.29, 0.717) is 12.8 Å². The molecule has 31 heavy (non-hydrogen) atoms. The van der Waals surface area contributed by atoms with Gasteiger partial charge in [-0.3, -0.25) is 4.79 Å². The number of aliphatic hydroxyl groups is 1. The first-order valence-corrected chi connectivity index (χ1v) is 11.7. The topological polar surface area (TPSA) is 65.0 Å². The van der Waals surface area contributed by atoms with Crippen molar-refractivity contribution >= 4 is 5.78 Å². The van der Waals surface area contributed by atoms with Crippen LogP contribution in [0.25, 0.3) is 0 Å². The van der Waals surface area contributed by atoms with Crippen molar-refractivity contribution in [1.82, 2.24) is 0 Å². The van der Waals surface area contributed by atoms with Crippen molar-refractivity contribution in [1.29, 1.82) is 0 Å². The van der Waals surface area contributed by atoms with Crippen LogP contribution in [0.5, 0.6) is 0 Å². The average Bonchev–Trinajstić information content (AvgIpc) is 2.67. The zero-order valence-electron chi connectivity index (χ0n) is 19.7. The monoisotopic (exact) mass is 430 g/mol. The van der Waals surface area contributed by atoms with Crippen LogP contribution >= 0.6 is 0 Å². The summed E-state index contributed by atoms with van der Waals surface area (Å²) in [6.45, 7) is 8.69. The van der Waals surface area contributed by atoms with E-state index in [2.05, 4.69) is 26.8 Å². The third kappa shape index (κ3) is 4.75. The van der Waals surface area contributed by atoms with E-state index in [-0.39, 0.29) is 41.5 Å². The van der Waals surface area contributed by atoms with E-state index in [0.717, 1.165) is 30.4 Å². The normalized spacial score (nSPS) is 40.1. The molecule has 0 aromatic rings. The quantitative estimate of drug-likeness (QED) is 0.646. The number of aliphatic hydroxyl groups excluding tert-OH is 1. The summed E-state index contributed by atoms with van der Waals surface area (Å²) in [5, 5.41) is 10.1. The van der Waals surface area contributed by atoms with Crippen LogP contribution in [0.4, 0.5) is 0 Å². The summed E-state index contributed by atoms with van der Waals surface area (Å²) >= 11 is 0. The summed E-state index contributed by atoms with van der Waals surface area (Å²) in [6.07, 6.45) is 12.2. The minimum absolute atomic E-state index is 0.0503. The zero-order chi connectivity index (χ0) is 22.4. The molecular weight excluding hydrogens is 392 g/mol. The lowest BCUT2D eigenvalue weighted by Gasteiger charge is -2.52. The van der Waals surface area contributed by atoms with E-state index >= 15 is 0 Å². The third-order valence-electron chi connectivity index (χ3n) is 7.55. The van der Waals surface area contributed by atoms with E-state index in [1.165, 1.54) is 18.4 Å². The molecule has 0 bridgehead atoms. The molecule has 2 aliphatic heterocycles. The third-order valence-corrected chi connectivity index (χ3v) is 7.55. The number of fused-ring (bicyclic) bond motifs is 1. The highest BCUT2D eigenvalue weighted by Gasteiger charge is 2.52. The molecule has 1 saturated heterocycles. The van der Waals surface area contributed by atoms with Crippen LogP contribution in [0.15, 0.2) is 34.9 Å². The summed E-state index contributed by atoms with van der Waals surface area (Å²) in [5.41, 5.74) is 3.29. The Morgan fingerprint density at radius 1 is 1.23 bits per heavy atom. The van der Waals surface area contributed by atoms with E-state index in [4.69, 9.17) is 14.2 Å². The average molecular weight is 431 g/mol. The first-order chi connectivity index (χ1) is 14.6. The van der Waals surface area contributed by atoms with Gasteiger partial charge >= 0.3 is 0 Å². The highest BCUT2D eigenvalue weighted by atomic mass is 16.8. The van der Waals surface area contributed by atoms with Crippen LogP contribution in [-0.2, 0) is 19.0 Å². The number of hydrogen-bond donors (Lipinski definition) is 1. The van der Waals surface area contributed by atoms with Gasteiger partial charge in [-0.05, 0) is 66.7 Å². The van der Waals surface area contributed by atoms with Gasteiger partial charge < -0.3 is 19.3 Å². The summed E-state index contributed by atoms with van der Waals surface area (Å²) in [5.74, 6) is -0.947. The number of ether oxygens (including phenoxy) is 3. The lowest BCUT2D eigenvalue weighted by atomic mass is 9.68. The first-order valence-electron chi connectivity index (χ1n) is 11.7. The smallest absolute Gasteiger partial charge is 0.192 e. The molecule has 0 amide bonds. The molecule has 0 unspecified atom stereocenters. The molecular formula is C26H38O5. The number of allylic oxidation sites excluding steroid dienone is 3. The van der Waals surface area contributed by atoms with Crippen LogP contribution in [0.1, 0.15) is 72.6 Å². The number of rotatable bonds is 4. The Kier molecular flexibility index (Phi) is 6.10. The second-order valence-corrected chi connectivity index (χ2v) is 11.2. The zero-order valence-corrected chi connectivity index (χ0v) is 19.7. The number of Topliss-reactive ketones (excluding diaryl/α,β-unsaturated/α-hetero) is 1. The lowest BCUT2D eigenvalue weighted by Crippen LogP contribution is -2.55. The van der Waals surface area contributed by atoms with Gasteiger partial charge in [-0.25, -0.2) is 0 Å². The minimum Gasteiger partial charge on any atom is -0.392 e.